The molecule has 1 aliphatic heterocycles. The van der Waals surface area contributed by atoms with Crippen molar-refractivity contribution in [3.05, 3.63) is 36.9 Å². The molecule has 2 heterocycles. The van der Waals surface area contributed by atoms with E-state index in [1.54, 1.807) is 13.3 Å². The van der Waals surface area contributed by atoms with Crippen LogP contribution in [0, 0.1) is 0 Å². The van der Waals surface area contributed by atoms with E-state index in [2.05, 4.69) is 34.4 Å². The van der Waals surface area contributed by atoms with Gasteiger partial charge in [0.15, 0.2) is 12.2 Å². The molecule has 2 N–H and O–H groups in total. The van der Waals surface area contributed by atoms with Gasteiger partial charge < -0.3 is 19.8 Å². The van der Waals surface area contributed by atoms with Crippen molar-refractivity contribution in [3.63, 3.8) is 0 Å². The number of aromatic nitrogens is 1. The summed E-state index contributed by atoms with van der Waals surface area (Å²) in [5.74, 6) is 0.659. The zero-order valence-corrected chi connectivity index (χ0v) is 14.7. The van der Waals surface area contributed by atoms with E-state index in [-0.39, 0.29) is 18.2 Å². The molecular weight excluding hydrogens is 320 g/mol. The molecule has 25 heavy (non-hydrogen) atoms. The summed E-state index contributed by atoms with van der Waals surface area (Å²) >= 11 is 0. The summed E-state index contributed by atoms with van der Waals surface area (Å²) in [5.41, 5.74) is 1.55. The first-order valence-corrected chi connectivity index (χ1v) is 8.40. The summed E-state index contributed by atoms with van der Waals surface area (Å²) in [4.78, 5) is 18.6. The van der Waals surface area contributed by atoms with E-state index in [0.29, 0.717) is 17.5 Å². The topological polar surface area (TPSA) is 79.6 Å². The first-order valence-electron chi connectivity index (χ1n) is 8.40. The molecule has 7 heteroatoms. The van der Waals surface area contributed by atoms with Gasteiger partial charge in [-0.2, -0.15) is 0 Å². The molecule has 1 saturated heterocycles. The first kappa shape index (κ1) is 17.4. The Hall–Kier alpha value is -2.38. The Bertz CT molecular complexity index is 702. The fourth-order valence-electron chi connectivity index (χ4n) is 3.05. The molecule has 0 bridgehead atoms. The highest BCUT2D eigenvalue weighted by Gasteiger charge is 2.34. The number of nitrogens with zero attached hydrogens (tertiary/aromatic N) is 2. The van der Waals surface area contributed by atoms with Crippen molar-refractivity contribution in [2.75, 3.05) is 25.5 Å². The predicted molar refractivity (Wildman–Crippen MR) is 95.4 cm³/mol. The molecule has 0 aliphatic carbocycles. The number of carbonyl (C=O) groups excluding carboxylic acids is 1. The number of hydrogen-bond acceptors (Lipinski definition) is 5. The van der Waals surface area contributed by atoms with Crippen LogP contribution in [-0.4, -0.2) is 54.3 Å². The highest BCUT2D eigenvalue weighted by molar-refractivity contribution is 5.90. The van der Waals surface area contributed by atoms with E-state index in [9.17, 15) is 4.79 Å². The third-order valence-corrected chi connectivity index (χ3v) is 4.48. The van der Waals surface area contributed by atoms with Crippen LogP contribution in [-0.2, 0) is 4.74 Å². The number of urea groups is 1. The van der Waals surface area contributed by atoms with Gasteiger partial charge in [-0.05, 0) is 26.0 Å². The lowest BCUT2D eigenvalue weighted by molar-refractivity contribution is 0.0896. The highest BCUT2D eigenvalue weighted by Crippen LogP contribution is 2.22. The molecule has 2 atom stereocenters. The fourth-order valence-corrected chi connectivity index (χ4v) is 3.05. The SMILES string of the molecule is CO[C@@H]1CN(C(C)C)C[C@H]1NC(=O)Nc1cccc(-c2cnco2)c1. The number of ether oxygens (including phenoxy) is 1. The van der Waals surface area contributed by atoms with Crippen molar-refractivity contribution in [3.8, 4) is 11.3 Å². The zero-order chi connectivity index (χ0) is 17.8. The van der Waals surface area contributed by atoms with E-state index < -0.39 is 0 Å². The normalized spacial score (nSPS) is 20.8. The predicted octanol–water partition coefficient (Wildman–Crippen LogP) is 2.57. The number of methoxy groups -OCH3 is 1. The lowest BCUT2D eigenvalue weighted by Gasteiger charge is -2.20. The molecule has 0 saturated carbocycles. The highest BCUT2D eigenvalue weighted by atomic mass is 16.5. The van der Waals surface area contributed by atoms with Gasteiger partial charge in [0, 0.05) is 37.5 Å². The van der Waals surface area contributed by atoms with Crippen molar-refractivity contribution in [1.82, 2.24) is 15.2 Å². The van der Waals surface area contributed by atoms with Crippen molar-refractivity contribution < 1.29 is 13.9 Å². The van der Waals surface area contributed by atoms with Crippen LogP contribution in [0.15, 0.2) is 41.3 Å². The van der Waals surface area contributed by atoms with Gasteiger partial charge in [0.05, 0.1) is 18.3 Å². The van der Waals surface area contributed by atoms with Crippen LogP contribution < -0.4 is 10.6 Å². The molecule has 7 nitrogen and oxygen atoms in total. The second-order valence-electron chi connectivity index (χ2n) is 6.47. The average Bonchev–Trinajstić information content (AvgIpc) is 3.24. The third-order valence-electron chi connectivity index (χ3n) is 4.48. The molecule has 1 aliphatic rings. The smallest absolute Gasteiger partial charge is 0.319 e. The summed E-state index contributed by atoms with van der Waals surface area (Å²) < 4.78 is 10.8. The lowest BCUT2D eigenvalue weighted by atomic mass is 10.1. The van der Waals surface area contributed by atoms with Crippen LogP contribution in [0.25, 0.3) is 11.3 Å². The van der Waals surface area contributed by atoms with Crippen LogP contribution in [0.4, 0.5) is 10.5 Å². The van der Waals surface area contributed by atoms with Gasteiger partial charge in [0.25, 0.3) is 0 Å². The third kappa shape index (κ3) is 4.18. The molecule has 0 radical (unpaired) electrons. The first-order chi connectivity index (χ1) is 12.1. The molecule has 2 amide bonds. The second-order valence-corrected chi connectivity index (χ2v) is 6.47. The Labute approximate surface area is 147 Å². The molecule has 0 unspecified atom stereocenters. The number of carbonyl (C=O) groups is 1. The van der Waals surface area contributed by atoms with Crippen LogP contribution in [0.2, 0.25) is 0 Å². The molecule has 1 aromatic carbocycles. The van der Waals surface area contributed by atoms with Gasteiger partial charge in [0.1, 0.15) is 0 Å². The maximum atomic E-state index is 12.4. The van der Waals surface area contributed by atoms with Gasteiger partial charge >= 0.3 is 6.03 Å². The summed E-state index contributed by atoms with van der Waals surface area (Å²) in [6, 6.07) is 7.60. The van der Waals surface area contributed by atoms with E-state index >= 15 is 0 Å². The van der Waals surface area contributed by atoms with E-state index in [1.165, 1.54) is 6.39 Å². The number of likely N-dealkylation sites (tertiary alicyclic amines) is 1. The minimum Gasteiger partial charge on any atom is -0.444 e. The number of oxazole rings is 1. The van der Waals surface area contributed by atoms with Gasteiger partial charge in [-0.25, -0.2) is 9.78 Å². The monoisotopic (exact) mass is 344 g/mol. The quantitative estimate of drug-likeness (QED) is 0.871. The van der Waals surface area contributed by atoms with Crippen LogP contribution >= 0.6 is 0 Å². The Morgan fingerprint density at radius 3 is 2.92 bits per heavy atom. The second kappa shape index (κ2) is 7.67. The summed E-state index contributed by atoms with van der Waals surface area (Å²) in [7, 11) is 1.68. The number of hydrogen-bond donors (Lipinski definition) is 2. The molecule has 1 aromatic heterocycles. The van der Waals surface area contributed by atoms with Crippen LogP contribution in [0.3, 0.4) is 0 Å². The molecule has 2 aromatic rings. The Kier molecular flexibility index (Phi) is 5.35. The van der Waals surface area contributed by atoms with Crippen LogP contribution in [0.1, 0.15) is 13.8 Å². The molecule has 1 fully saturated rings. The average molecular weight is 344 g/mol. The summed E-state index contributed by atoms with van der Waals surface area (Å²) in [6.07, 6.45) is 3.02. The van der Waals surface area contributed by atoms with Crippen molar-refractivity contribution in [2.45, 2.75) is 32.0 Å². The zero-order valence-electron chi connectivity index (χ0n) is 14.7. The maximum absolute atomic E-state index is 12.4. The van der Waals surface area contributed by atoms with Gasteiger partial charge in [0.2, 0.25) is 0 Å². The van der Waals surface area contributed by atoms with Gasteiger partial charge in [-0.15, -0.1) is 0 Å². The number of anilines is 1. The molecule has 134 valence electrons. The number of amides is 2. The largest absolute Gasteiger partial charge is 0.444 e. The van der Waals surface area contributed by atoms with E-state index in [0.717, 1.165) is 18.7 Å². The molecule has 3 rings (SSSR count). The fraction of sp³-hybridized carbons (Fsp3) is 0.444. The molecule has 0 spiro atoms. The minimum atomic E-state index is -0.243. The Morgan fingerprint density at radius 2 is 2.24 bits per heavy atom. The van der Waals surface area contributed by atoms with Crippen molar-refractivity contribution in [1.29, 1.82) is 0 Å². The Morgan fingerprint density at radius 1 is 1.40 bits per heavy atom. The van der Waals surface area contributed by atoms with Crippen molar-refractivity contribution in [2.24, 2.45) is 0 Å². The van der Waals surface area contributed by atoms with Crippen molar-refractivity contribution >= 4 is 11.7 Å². The Balaban J connectivity index is 1.62. The lowest BCUT2D eigenvalue weighted by Crippen LogP contribution is -2.45. The van der Waals surface area contributed by atoms with E-state index in [4.69, 9.17) is 9.15 Å². The summed E-state index contributed by atoms with van der Waals surface area (Å²) in [6.45, 7) is 5.89. The molecular formula is C18H24N4O3. The number of rotatable bonds is 5. The van der Waals surface area contributed by atoms with Gasteiger partial charge in [-0.3, -0.25) is 4.90 Å². The number of benzene rings is 1. The minimum absolute atomic E-state index is 0.00585. The van der Waals surface area contributed by atoms with Gasteiger partial charge in [-0.1, -0.05) is 12.1 Å². The maximum Gasteiger partial charge on any atom is 0.319 e. The standard InChI is InChI=1S/C18H24N4O3/c1-12(2)22-9-15(17(10-22)24-3)21-18(23)20-14-6-4-5-13(7-14)16-8-19-11-25-16/h4-8,11-12,15,17H,9-10H2,1-3H3,(H2,20,21,23)/t15-,17-/m1/s1. The number of nitrogens with one attached hydrogen (secondary N) is 2. The van der Waals surface area contributed by atoms with Crippen LogP contribution in [0.5, 0.6) is 0 Å². The van der Waals surface area contributed by atoms with E-state index in [1.807, 2.05) is 24.3 Å². The summed E-state index contributed by atoms with van der Waals surface area (Å²) in [5, 5.41) is 5.89.